The second-order valence-corrected chi connectivity index (χ2v) is 3.23. The van der Waals surface area contributed by atoms with E-state index in [-0.39, 0.29) is 0 Å². The average Bonchev–Trinajstić information content (AvgIpc) is 1.86. The number of hydrogen-bond acceptors (Lipinski definition) is 2. The maximum absolute atomic E-state index is 11.1. The highest BCUT2D eigenvalue weighted by Crippen LogP contribution is 1.99. The van der Waals surface area contributed by atoms with E-state index in [2.05, 4.69) is 6.92 Å². The van der Waals surface area contributed by atoms with Crippen LogP contribution in [0, 0.1) is 0 Å². The molecular weight excluding hydrogens is 138 g/mol. The minimum Gasteiger partial charge on any atom is -0.302 e. The maximum Gasteiger partial charge on any atom is 0.146 e. The van der Waals surface area contributed by atoms with E-state index >= 15 is 0 Å². The van der Waals surface area contributed by atoms with E-state index in [1.54, 1.807) is 0 Å². The van der Waals surface area contributed by atoms with Crippen molar-refractivity contribution >= 4 is 5.78 Å². The number of Topliss-reactive ketones (excluding diaryl/α,β-unsaturated/α-hetero) is 1. The molecule has 2 heteroatoms. The van der Waals surface area contributed by atoms with Crippen LogP contribution in [0.5, 0.6) is 0 Å². The average molecular weight is 157 g/mol. The van der Waals surface area contributed by atoms with Gasteiger partial charge in [-0.25, -0.2) is 0 Å². The van der Waals surface area contributed by atoms with Gasteiger partial charge in [0.15, 0.2) is 0 Å². The Morgan fingerprint density at radius 1 is 1.27 bits per heavy atom. The van der Waals surface area contributed by atoms with Crippen LogP contribution in [-0.2, 0) is 4.79 Å². The van der Waals surface area contributed by atoms with Gasteiger partial charge in [0, 0.05) is 6.42 Å². The summed E-state index contributed by atoms with van der Waals surface area (Å²) in [6, 6.07) is 0. The van der Waals surface area contributed by atoms with Crippen molar-refractivity contribution in [3.8, 4) is 0 Å². The van der Waals surface area contributed by atoms with Crippen LogP contribution in [0.2, 0.25) is 0 Å². The lowest BCUT2D eigenvalue weighted by molar-refractivity contribution is -0.119. The molecule has 0 aromatic heterocycles. The molecule has 0 spiro atoms. The van der Waals surface area contributed by atoms with Crippen molar-refractivity contribution in [3.05, 3.63) is 0 Å². The predicted molar refractivity (Wildman–Crippen MR) is 47.7 cm³/mol. The lowest BCUT2D eigenvalue weighted by Crippen LogP contribution is -2.21. The Bertz CT molecular complexity index is 110. The van der Waals surface area contributed by atoms with Crippen molar-refractivity contribution in [1.82, 2.24) is 4.90 Å². The first-order chi connectivity index (χ1) is 5.16. The van der Waals surface area contributed by atoms with Crippen molar-refractivity contribution in [2.45, 2.75) is 32.6 Å². The fourth-order valence-corrected chi connectivity index (χ4v) is 1.00. The Balaban J connectivity index is 3.23. The molecule has 0 rings (SSSR count). The van der Waals surface area contributed by atoms with E-state index in [1.165, 1.54) is 12.8 Å². The number of carbonyl (C=O) groups is 1. The molecule has 0 fully saturated rings. The quantitative estimate of drug-likeness (QED) is 0.547. The van der Waals surface area contributed by atoms with Gasteiger partial charge in [0.1, 0.15) is 5.78 Å². The largest absolute Gasteiger partial charge is 0.302 e. The molecular formula is C9H19NO. The van der Waals surface area contributed by atoms with Crippen LogP contribution in [0.4, 0.5) is 0 Å². The van der Waals surface area contributed by atoms with Crippen LogP contribution in [0.15, 0.2) is 0 Å². The van der Waals surface area contributed by atoms with Crippen LogP contribution in [0.3, 0.4) is 0 Å². The summed E-state index contributed by atoms with van der Waals surface area (Å²) in [5.41, 5.74) is 0. The molecule has 0 atom stereocenters. The monoisotopic (exact) mass is 157 g/mol. The van der Waals surface area contributed by atoms with Gasteiger partial charge in [-0.3, -0.25) is 4.79 Å². The number of carbonyl (C=O) groups excluding carboxylic acids is 1. The Hall–Kier alpha value is -0.370. The number of ketones is 1. The first-order valence-electron chi connectivity index (χ1n) is 4.33. The van der Waals surface area contributed by atoms with Crippen molar-refractivity contribution in [2.75, 3.05) is 20.6 Å². The molecule has 11 heavy (non-hydrogen) atoms. The molecule has 0 aromatic rings. The zero-order valence-electron chi connectivity index (χ0n) is 7.89. The van der Waals surface area contributed by atoms with Crippen molar-refractivity contribution < 1.29 is 4.79 Å². The van der Waals surface area contributed by atoms with E-state index in [0.717, 1.165) is 12.8 Å². The molecule has 0 aliphatic heterocycles. The first kappa shape index (κ1) is 10.6. The summed E-state index contributed by atoms with van der Waals surface area (Å²) >= 11 is 0. The Morgan fingerprint density at radius 3 is 2.36 bits per heavy atom. The third-order valence-corrected chi connectivity index (χ3v) is 1.55. The van der Waals surface area contributed by atoms with E-state index in [0.29, 0.717) is 12.3 Å². The SMILES string of the molecule is CCCCCC(=O)CN(C)C. The molecule has 0 amide bonds. The van der Waals surface area contributed by atoms with Gasteiger partial charge in [-0.05, 0) is 20.5 Å². The van der Waals surface area contributed by atoms with E-state index in [4.69, 9.17) is 0 Å². The Kier molecular flexibility index (Phi) is 6.13. The molecule has 0 saturated carbocycles. The van der Waals surface area contributed by atoms with Gasteiger partial charge in [-0.1, -0.05) is 19.8 Å². The second kappa shape index (κ2) is 6.35. The molecule has 0 aliphatic rings. The van der Waals surface area contributed by atoms with Gasteiger partial charge in [-0.15, -0.1) is 0 Å². The zero-order chi connectivity index (χ0) is 8.69. The van der Waals surface area contributed by atoms with Gasteiger partial charge in [0.25, 0.3) is 0 Å². The number of nitrogens with zero attached hydrogens (tertiary/aromatic N) is 1. The highest BCUT2D eigenvalue weighted by atomic mass is 16.1. The van der Waals surface area contributed by atoms with Crippen molar-refractivity contribution in [2.24, 2.45) is 0 Å². The number of rotatable bonds is 6. The molecule has 0 N–H and O–H groups in total. The second-order valence-electron chi connectivity index (χ2n) is 3.23. The highest BCUT2D eigenvalue weighted by molar-refractivity contribution is 5.80. The van der Waals surface area contributed by atoms with Crippen LogP contribution < -0.4 is 0 Å². The van der Waals surface area contributed by atoms with Gasteiger partial charge >= 0.3 is 0 Å². The maximum atomic E-state index is 11.1. The molecule has 0 saturated heterocycles. The molecule has 0 unspecified atom stereocenters. The molecule has 2 nitrogen and oxygen atoms in total. The number of unbranched alkanes of at least 4 members (excludes halogenated alkanes) is 2. The number of likely N-dealkylation sites (N-methyl/N-ethyl adjacent to an activating group) is 1. The normalized spacial score (nSPS) is 10.5. The Morgan fingerprint density at radius 2 is 1.91 bits per heavy atom. The molecule has 0 bridgehead atoms. The van der Waals surface area contributed by atoms with Crippen molar-refractivity contribution in [3.63, 3.8) is 0 Å². The fourth-order valence-electron chi connectivity index (χ4n) is 1.00. The van der Waals surface area contributed by atoms with Crippen molar-refractivity contribution in [1.29, 1.82) is 0 Å². The minimum absolute atomic E-state index is 0.364. The fraction of sp³-hybridized carbons (Fsp3) is 0.889. The first-order valence-corrected chi connectivity index (χ1v) is 4.33. The van der Waals surface area contributed by atoms with Crippen LogP contribution in [-0.4, -0.2) is 31.3 Å². The van der Waals surface area contributed by atoms with Crippen LogP contribution in [0.25, 0.3) is 0 Å². The summed E-state index contributed by atoms with van der Waals surface area (Å²) in [4.78, 5) is 13.0. The predicted octanol–water partition coefficient (Wildman–Crippen LogP) is 1.70. The third kappa shape index (κ3) is 7.53. The molecule has 0 aliphatic carbocycles. The Labute approximate surface area is 69.6 Å². The van der Waals surface area contributed by atoms with Gasteiger partial charge in [0.2, 0.25) is 0 Å². The molecule has 0 aromatic carbocycles. The molecule has 0 heterocycles. The summed E-state index contributed by atoms with van der Waals surface area (Å²) in [6.07, 6.45) is 4.18. The smallest absolute Gasteiger partial charge is 0.146 e. The summed E-state index contributed by atoms with van der Waals surface area (Å²) in [5.74, 6) is 0.364. The molecule has 66 valence electrons. The summed E-state index contributed by atoms with van der Waals surface area (Å²) < 4.78 is 0. The summed E-state index contributed by atoms with van der Waals surface area (Å²) in [6.45, 7) is 2.75. The van der Waals surface area contributed by atoms with Gasteiger partial charge in [0.05, 0.1) is 6.54 Å². The number of hydrogen-bond donors (Lipinski definition) is 0. The van der Waals surface area contributed by atoms with Gasteiger partial charge < -0.3 is 4.90 Å². The van der Waals surface area contributed by atoms with E-state index in [9.17, 15) is 4.79 Å². The minimum atomic E-state index is 0.364. The van der Waals surface area contributed by atoms with Gasteiger partial charge in [-0.2, -0.15) is 0 Å². The highest BCUT2D eigenvalue weighted by Gasteiger charge is 2.01. The lowest BCUT2D eigenvalue weighted by atomic mass is 10.1. The van der Waals surface area contributed by atoms with Crippen LogP contribution in [0.1, 0.15) is 32.6 Å². The summed E-state index contributed by atoms with van der Waals surface area (Å²) in [7, 11) is 3.86. The van der Waals surface area contributed by atoms with E-state index < -0.39 is 0 Å². The molecule has 0 radical (unpaired) electrons. The summed E-state index contributed by atoms with van der Waals surface area (Å²) in [5, 5.41) is 0. The van der Waals surface area contributed by atoms with E-state index in [1.807, 2.05) is 19.0 Å². The standard InChI is InChI=1S/C9H19NO/c1-4-5-6-7-9(11)8-10(2)3/h4-8H2,1-3H3. The zero-order valence-corrected chi connectivity index (χ0v) is 7.89. The third-order valence-electron chi connectivity index (χ3n) is 1.55. The van der Waals surface area contributed by atoms with Crippen LogP contribution >= 0.6 is 0 Å². The topological polar surface area (TPSA) is 20.3 Å². The lowest BCUT2D eigenvalue weighted by Gasteiger charge is -2.07.